The number of fused-ring (bicyclic) bond motifs is 3. The van der Waals surface area contributed by atoms with Gasteiger partial charge in [0.15, 0.2) is 0 Å². The third kappa shape index (κ3) is 4.10. The summed E-state index contributed by atoms with van der Waals surface area (Å²) in [6.07, 6.45) is 0. The number of piperazine rings is 1. The first-order valence-electron chi connectivity index (χ1n) is 11.9. The monoisotopic (exact) mass is 457 g/mol. The van der Waals surface area contributed by atoms with Crippen LogP contribution in [0.5, 0.6) is 11.5 Å². The number of para-hydroxylation sites is 1. The predicted octanol–water partition coefficient (Wildman–Crippen LogP) is 4.79. The van der Waals surface area contributed by atoms with Gasteiger partial charge in [-0.25, -0.2) is 0 Å². The summed E-state index contributed by atoms with van der Waals surface area (Å²) in [7, 11) is 3.19. The summed E-state index contributed by atoms with van der Waals surface area (Å²) < 4.78 is 13.0. The number of rotatable bonds is 6. The van der Waals surface area contributed by atoms with Crippen molar-refractivity contribution in [2.24, 2.45) is 0 Å². The van der Waals surface area contributed by atoms with Crippen molar-refractivity contribution in [1.29, 1.82) is 0 Å². The second-order valence-electron chi connectivity index (χ2n) is 8.78. The van der Waals surface area contributed by atoms with Gasteiger partial charge in [-0.1, -0.05) is 24.3 Å². The molecule has 6 heteroatoms. The quantitative estimate of drug-likeness (QED) is 0.418. The second-order valence-corrected chi connectivity index (χ2v) is 8.78. The Morgan fingerprint density at radius 3 is 2.18 bits per heavy atom. The average Bonchev–Trinajstić information content (AvgIpc) is 3.21. The number of aryl methyl sites for hydroxylation is 1. The molecule has 1 aliphatic heterocycles. The lowest BCUT2D eigenvalue weighted by atomic mass is 10.1. The number of amides is 1. The van der Waals surface area contributed by atoms with Crippen LogP contribution in [0.2, 0.25) is 0 Å². The summed E-state index contributed by atoms with van der Waals surface area (Å²) in [6, 6.07) is 20.8. The lowest BCUT2D eigenvalue weighted by Crippen LogP contribution is -2.48. The van der Waals surface area contributed by atoms with Crippen molar-refractivity contribution in [1.82, 2.24) is 14.4 Å². The van der Waals surface area contributed by atoms with Crippen LogP contribution in [0.4, 0.5) is 0 Å². The highest BCUT2D eigenvalue weighted by atomic mass is 16.5. The van der Waals surface area contributed by atoms with Gasteiger partial charge >= 0.3 is 0 Å². The highest BCUT2D eigenvalue weighted by Gasteiger charge is 2.23. The Balaban J connectivity index is 1.28. The maximum absolute atomic E-state index is 13.1. The Bertz CT molecular complexity index is 1310. The number of carbonyl (C=O) groups is 1. The fraction of sp³-hybridized carbons (Fsp3) is 0.321. The standard InChI is InChI=1S/C28H31N3O3/c1-4-31-26-8-6-5-7-24(26)25-15-20(9-10-27(25)31)19-29-11-13-30(14-12-29)28(32)21-16-22(33-2)18-23(17-21)34-3/h5-10,15-18H,4,11-14,19H2,1-3H3. The minimum Gasteiger partial charge on any atom is -0.497 e. The number of carbonyl (C=O) groups excluding carboxylic acids is 1. The smallest absolute Gasteiger partial charge is 0.254 e. The molecule has 4 aromatic rings. The van der Waals surface area contributed by atoms with E-state index in [0.29, 0.717) is 30.2 Å². The van der Waals surface area contributed by atoms with E-state index in [2.05, 4.69) is 58.9 Å². The third-order valence-corrected chi connectivity index (χ3v) is 6.82. The van der Waals surface area contributed by atoms with E-state index in [0.717, 1.165) is 26.2 Å². The van der Waals surface area contributed by atoms with Gasteiger partial charge in [-0.15, -0.1) is 0 Å². The molecule has 34 heavy (non-hydrogen) atoms. The number of benzene rings is 3. The molecule has 1 aromatic heterocycles. The summed E-state index contributed by atoms with van der Waals surface area (Å²) in [5.41, 5.74) is 4.49. The van der Waals surface area contributed by atoms with E-state index >= 15 is 0 Å². The van der Waals surface area contributed by atoms with Crippen molar-refractivity contribution in [2.45, 2.75) is 20.0 Å². The van der Waals surface area contributed by atoms with Crippen molar-refractivity contribution in [3.8, 4) is 11.5 Å². The van der Waals surface area contributed by atoms with Crippen molar-refractivity contribution < 1.29 is 14.3 Å². The molecule has 5 rings (SSSR count). The minimum absolute atomic E-state index is 0.0191. The van der Waals surface area contributed by atoms with Crippen LogP contribution in [0, 0.1) is 0 Å². The van der Waals surface area contributed by atoms with E-state index in [1.54, 1.807) is 32.4 Å². The molecule has 176 valence electrons. The SMILES string of the molecule is CCn1c2ccccc2c2cc(CN3CCN(C(=O)c4cc(OC)cc(OC)c4)CC3)ccc21. The molecule has 0 unspecified atom stereocenters. The molecular formula is C28H31N3O3. The van der Waals surface area contributed by atoms with Gasteiger partial charge in [-0.05, 0) is 42.8 Å². The second kappa shape index (κ2) is 9.39. The van der Waals surface area contributed by atoms with Crippen LogP contribution in [0.3, 0.4) is 0 Å². The predicted molar refractivity (Wildman–Crippen MR) is 136 cm³/mol. The van der Waals surface area contributed by atoms with Gasteiger partial charge in [0.25, 0.3) is 5.91 Å². The van der Waals surface area contributed by atoms with Crippen LogP contribution < -0.4 is 9.47 Å². The zero-order chi connectivity index (χ0) is 23.7. The third-order valence-electron chi connectivity index (χ3n) is 6.82. The van der Waals surface area contributed by atoms with Gasteiger partial charge in [-0.2, -0.15) is 0 Å². The molecule has 1 aliphatic rings. The molecular weight excluding hydrogens is 426 g/mol. The molecule has 1 amide bonds. The van der Waals surface area contributed by atoms with Crippen LogP contribution in [-0.2, 0) is 13.1 Å². The number of hydrogen-bond donors (Lipinski definition) is 0. The molecule has 0 saturated carbocycles. The normalized spacial score (nSPS) is 14.6. The Morgan fingerprint density at radius 2 is 1.50 bits per heavy atom. The number of ether oxygens (including phenoxy) is 2. The molecule has 3 aromatic carbocycles. The van der Waals surface area contributed by atoms with Crippen molar-refractivity contribution >= 4 is 27.7 Å². The van der Waals surface area contributed by atoms with Gasteiger partial charge in [0.2, 0.25) is 0 Å². The van der Waals surface area contributed by atoms with Crippen LogP contribution in [0.15, 0.2) is 60.7 Å². The molecule has 2 heterocycles. The van der Waals surface area contributed by atoms with Crippen molar-refractivity contribution in [2.75, 3.05) is 40.4 Å². The number of nitrogens with zero attached hydrogens (tertiary/aromatic N) is 3. The van der Waals surface area contributed by atoms with E-state index in [1.165, 1.54) is 27.4 Å². The molecule has 0 bridgehead atoms. The van der Waals surface area contributed by atoms with E-state index < -0.39 is 0 Å². The number of methoxy groups -OCH3 is 2. The van der Waals surface area contributed by atoms with Gasteiger partial charge < -0.3 is 18.9 Å². The average molecular weight is 458 g/mol. The molecule has 0 aliphatic carbocycles. The lowest BCUT2D eigenvalue weighted by Gasteiger charge is -2.35. The topological polar surface area (TPSA) is 46.9 Å². The van der Waals surface area contributed by atoms with E-state index in [-0.39, 0.29) is 5.91 Å². The van der Waals surface area contributed by atoms with Gasteiger partial charge in [0.05, 0.1) is 14.2 Å². The lowest BCUT2D eigenvalue weighted by molar-refractivity contribution is 0.0628. The zero-order valence-corrected chi connectivity index (χ0v) is 20.1. The molecule has 0 spiro atoms. The minimum atomic E-state index is 0.0191. The molecule has 0 radical (unpaired) electrons. The van der Waals surface area contributed by atoms with E-state index in [4.69, 9.17) is 9.47 Å². The number of hydrogen-bond acceptors (Lipinski definition) is 4. The van der Waals surface area contributed by atoms with Crippen LogP contribution in [0.1, 0.15) is 22.8 Å². The maximum Gasteiger partial charge on any atom is 0.254 e. The van der Waals surface area contributed by atoms with Crippen molar-refractivity contribution in [3.05, 3.63) is 71.8 Å². The fourth-order valence-electron chi connectivity index (χ4n) is 5.02. The fourth-order valence-corrected chi connectivity index (χ4v) is 5.02. The Labute approximate surface area is 200 Å². The summed E-state index contributed by atoms with van der Waals surface area (Å²) in [6.45, 7) is 7.14. The molecule has 0 N–H and O–H groups in total. The Hall–Kier alpha value is -3.51. The molecule has 6 nitrogen and oxygen atoms in total. The maximum atomic E-state index is 13.1. The van der Waals surface area contributed by atoms with Crippen LogP contribution >= 0.6 is 0 Å². The highest BCUT2D eigenvalue weighted by molar-refractivity contribution is 6.08. The largest absolute Gasteiger partial charge is 0.497 e. The Kier molecular flexibility index (Phi) is 6.16. The van der Waals surface area contributed by atoms with Gasteiger partial charge in [-0.3, -0.25) is 9.69 Å². The van der Waals surface area contributed by atoms with E-state index in [1.807, 2.05) is 4.90 Å². The molecule has 0 atom stereocenters. The van der Waals surface area contributed by atoms with Crippen molar-refractivity contribution in [3.63, 3.8) is 0 Å². The zero-order valence-electron chi connectivity index (χ0n) is 20.1. The first-order chi connectivity index (χ1) is 16.6. The van der Waals surface area contributed by atoms with Gasteiger partial charge in [0.1, 0.15) is 11.5 Å². The van der Waals surface area contributed by atoms with Crippen LogP contribution in [0.25, 0.3) is 21.8 Å². The van der Waals surface area contributed by atoms with Gasteiger partial charge in [0, 0.05) is 72.7 Å². The first-order valence-corrected chi connectivity index (χ1v) is 11.9. The van der Waals surface area contributed by atoms with Crippen LogP contribution in [-0.4, -0.2) is 60.7 Å². The summed E-state index contributed by atoms with van der Waals surface area (Å²) in [5, 5.41) is 2.63. The van der Waals surface area contributed by atoms with E-state index in [9.17, 15) is 4.79 Å². The summed E-state index contributed by atoms with van der Waals surface area (Å²) >= 11 is 0. The summed E-state index contributed by atoms with van der Waals surface area (Å²) in [5.74, 6) is 1.27. The Morgan fingerprint density at radius 1 is 0.824 bits per heavy atom. The molecule has 1 saturated heterocycles. The molecule has 1 fully saturated rings. The number of aromatic nitrogens is 1. The first kappa shape index (κ1) is 22.3. The highest BCUT2D eigenvalue weighted by Crippen LogP contribution is 2.30. The summed E-state index contributed by atoms with van der Waals surface area (Å²) in [4.78, 5) is 17.4.